The molecule has 1 aliphatic rings. The van der Waals surface area contributed by atoms with Crippen LogP contribution >= 0.6 is 0 Å². The van der Waals surface area contributed by atoms with Crippen molar-refractivity contribution in [2.75, 3.05) is 44.2 Å². The van der Waals surface area contributed by atoms with Crippen LogP contribution in [-0.2, 0) is 13.1 Å². The van der Waals surface area contributed by atoms with E-state index in [2.05, 4.69) is 27.4 Å². The summed E-state index contributed by atoms with van der Waals surface area (Å²) in [6.07, 6.45) is 5.02. The van der Waals surface area contributed by atoms with Crippen molar-refractivity contribution in [1.82, 2.24) is 29.4 Å². The van der Waals surface area contributed by atoms with Gasteiger partial charge in [0.05, 0.1) is 18.4 Å². The molecule has 0 saturated heterocycles. The van der Waals surface area contributed by atoms with Gasteiger partial charge in [0.15, 0.2) is 28.5 Å². The molecular formula is C30H30N8O3. The summed E-state index contributed by atoms with van der Waals surface area (Å²) in [4.78, 5) is 34.9. The maximum absolute atomic E-state index is 12.8. The quantitative estimate of drug-likeness (QED) is 0.277. The van der Waals surface area contributed by atoms with E-state index < -0.39 is 0 Å². The first-order valence-corrected chi connectivity index (χ1v) is 13.3. The molecule has 0 fully saturated rings. The van der Waals surface area contributed by atoms with E-state index in [1.54, 1.807) is 42.8 Å². The van der Waals surface area contributed by atoms with Gasteiger partial charge in [-0.1, -0.05) is 36.4 Å². The number of carbonyl (C=O) groups is 1. The van der Waals surface area contributed by atoms with Gasteiger partial charge in [0.1, 0.15) is 0 Å². The molecule has 41 heavy (non-hydrogen) atoms. The number of rotatable bonds is 10. The van der Waals surface area contributed by atoms with Gasteiger partial charge >= 0.3 is 0 Å². The largest absolute Gasteiger partial charge is 0.454 e. The van der Waals surface area contributed by atoms with E-state index in [0.717, 1.165) is 28.3 Å². The highest BCUT2D eigenvalue weighted by Gasteiger charge is 2.19. The molecule has 5 aromatic rings. The zero-order valence-electron chi connectivity index (χ0n) is 22.9. The van der Waals surface area contributed by atoms with Gasteiger partial charge in [-0.05, 0) is 35.4 Å². The molecule has 0 unspecified atom stereocenters. The molecule has 208 valence electrons. The monoisotopic (exact) mass is 550 g/mol. The van der Waals surface area contributed by atoms with Crippen molar-refractivity contribution >= 4 is 28.8 Å². The molecular weight excluding hydrogens is 520 g/mol. The van der Waals surface area contributed by atoms with Gasteiger partial charge in [-0.2, -0.15) is 9.97 Å². The standard InChI is InChI=1S/C30H30N8O3/c1-36(29(39)23-9-6-12-31-17-23)13-14-37(2)30-34-27(32-16-22-10-11-24-25(15-22)41-20-40-24)26-28(35-30)38(19-33-26)18-21-7-4-3-5-8-21/h3-12,15,17,19H,13-14,16,18,20H2,1-2H3,(H,32,34,35). The molecule has 0 aliphatic carbocycles. The second-order valence-electron chi connectivity index (χ2n) is 9.83. The van der Waals surface area contributed by atoms with Crippen molar-refractivity contribution in [3.8, 4) is 11.5 Å². The number of carbonyl (C=O) groups excluding carboxylic acids is 1. The second kappa shape index (κ2) is 11.5. The van der Waals surface area contributed by atoms with Gasteiger partial charge in [0.2, 0.25) is 12.7 Å². The maximum atomic E-state index is 12.8. The lowest BCUT2D eigenvalue weighted by Crippen LogP contribution is -2.35. The number of fused-ring (bicyclic) bond motifs is 2. The van der Waals surface area contributed by atoms with Crippen LogP contribution in [0.15, 0.2) is 79.4 Å². The Morgan fingerprint density at radius 3 is 2.66 bits per heavy atom. The van der Waals surface area contributed by atoms with Gasteiger partial charge in [-0.3, -0.25) is 9.78 Å². The molecule has 11 nitrogen and oxygen atoms in total. The molecule has 0 saturated carbocycles. The molecule has 0 spiro atoms. The van der Waals surface area contributed by atoms with E-state index in [9.17, 15) is 4.79 Å². The molecule has 6 rings (SSSR count). The smallest absolute Gasteiger partial charge is 0.255 e. The van der Waals surface area contributed by atoms with Crippen LogP contribution < -0.4 is 19.7 Å². The van der Waals surface area contributed by atoms with Crippen LogP contribution in [0.1, 0.15) is 21.5 Å². The summed E-state index contributed by atoms with van der Waals surface area (Å²) in [6.45, 7) is 2.38. The first-order valence-electron chi connectivity index (χ1n) is 13.3. The minimum Gasteiger partial charge on any atom is -0.454 e. The van der Waals surface area contributed by atoms with E-state index in [1.165, 1.54) is 0 Å². The van der Waals surface area contributed by atoms with E-state index in [4.69, 9.17) is 19.4 Å². The molecule has 0 atom stereocenters. The van der Waals surface area contributed by atoms with E-state index in [0.29, 0.717) is 49.0 Å². The summed E-state index contributed by atoms with van der Waals surface area (Å²) in [7, 11) is 3.70. The third-order valence-corrected chi connectivity index (χ3v) is 6.91. The van der Waals surface area contributed by atoms with Gasteiger partial charge in [0.25, 0.3) is 5.91 Å². The van der Waals surface area contributed by atoms with Gasteiger partial charge in [0, 0.05) is 46.1 Å². The van der Waals surface area contributed by atoms with Crippen molar-refractivity contribution in [2.24, 2.45) is 0 Å². The molecule has 11 heteroatoms. The molecule has 0 radical (unpaired) electrons. The number of benzene rings is 2. The number of nitrogens with one attached hydrogen (secondary N) is 1. The Morgan fingerprint density at radius 1 is 0.976 bits per heavy atom. The number of hydrogen-bond acceptors (Lipinski definition) is 9. The zero-order valence-corrected chi connectivity index (χ0v) is 22.9. The Labute approximate surface area is 237 Å². The van der Waals surface area contributed by atoms with E-state index in [-0.39, 0.29) is 12.7 Å². The number of anilines is 2. The highest BCUT2D eigenvalue weighted by molar-refractivity contribution is 5.93. The number of amides is 1. The molecule has 4 heterocycles. The summed E-state index contributed by atoms with van der Waals surface area (Å²) >= 11 is 0. The van der Waals surface area contributed by atoms with Crippen LogP contribution in [0.25, 0.3) is 11.2 Å². The SMILES string of the molecule is CN(CCN(C)c1nc(NCc2ccc3c(c2)OCO3)c2ncn(Cc3ccccc3)c2n1)C(=O)c1cccnc1. The van der Waals surface area contributed by atoms with Crippen molar-refractivity contribution in [3.05, 3.63) is 96.1 Å². The number of nitrogens with zero attached hydrogens (tertiary/aromatic N) is 7. The van der Waals surface area contributed by atoms with Gasteiger partial charge in [-0.15, -0.1) is 0 Å². The summed E-state index contributed by atoms with van der Waals surface area (Å²) < 4.78 is 13.0. The average Bonchev–Trinajstić information content (AvgIpc) is 3.66. The van der Waals surface area contributed by atoms with Crippen molar-refractivity contribution < 1.29 is 14.3 Å². The lowest BCUT2D eigenvalue weighted by molar-refractivity contribution is 0.0798. The highest BCUT2D eigenvalue weighted by Crippen LogP contribution is 2.33. The molecule has 2 aromatic carbocycles. The van der Waals surface area contributed by atoms with Gasteiger partial charge in [-0.25, -0.2) is 4.98 Å². The zero-order chi connectivity index (χ0) is 28.2. The summed E-state index contributed by atoms with van der Waals surface area (Å²) in [5.74, 6) is 2.54. The van der Waals surface area contributed by atoms with Crippen LogP contribution in [0.5, 0.6) is 11.5 Å². The van der Waals surface area contributed by atoms with E-state index >= 15 is 0 Å². The fourth-order valence-corrected chi connectivity index (χ4v) is 4.57. The number of ether oxygens (including phenoxy) is 2. The molecule has 1 N–H and O–H groups in total. The van der Waals surface area contributed by atoms with E-state index in [1.807, 2.05) is 52.9 Å². The van der Waals surface area contributed by atoms with Crippen LogP contribution in [0.2, 0.25) is 0 Å². The van der Waals surface area contributed by atoms with Crippen LogP contribution in [0, 0.1) is 0 Å². The maximum Gasteiger partial charge on any atom is 0.255 e. The Hall–Kier alpha value is -5.19. The minimum atomic E-state index is -0.0881. The summed E-state index contributed by atoms with van der Waals surface area (Å²) in [5.41, 5.74) is 4.12. The topological polar surface area (TPSA) is 111 Å². The van der Waals surface area contributed by atoms with Crippen molar-refractivity contribution in [1.29, 1.82) is 0 Å². The molecule has 1 amide bonds. The van der Waals surface area contributed by atoms with Crippen molar-refractivity contribution in [3.63, 3.8) is 0 Å². The predicted molar refractivity (Wildman–Crippen MR) is 155 cm³/mol. The normalized spacial score (nSPS) is 12.0. The number of aromatic nitrogens is 5. The number of imidazole rings is 1. The lowest BCUT2D eigenvalue weighted by Gasteiger charge is -2.23. The lowest BCUT2D eigenvalue weighted by atomic mass is 10.2. The Kier molecular flexibility index (Phi) is 7.31. The predicted octanol–water partition coefficient (Wildman–Crippen LogP) is 3.82. The molecule has 0 bridgehead atoms. The number of pyridine rings is 1. The number of hydrogen-bond donors (Lipinski definition) is 1. The fourth-order valence-electron chi connectivity index (χ4n) is 4.57. The Morgan fingerprint density at radius 2 is 1.83 bits per heavy atom. The van der Waals surface area contributed by atoms with Crippen LogP contribution in [-0.4, -0.2) is 69.3 Å². The molecule has 1 aliphatic heterocycles. The third kappa shape index (κ3) is 5.74. The fraction of sp³-hybridized carbons (Fsp3) is 0.233. The molecule has 3 aromatic heterocycles. The average molecular weight is 551 g/mol. The Bertz CT molecular complexity index is 1660. The second-order valence-corrected chi connectivity index (χ2v) is 9.83. The first kappa shape index (κ1) is 26.1. The van der Waals surface area contributed by atoms with Crippen molar-refractivity contribution in [2.45, 2.75) is 13.1 Å². The first-order chi connectivity index (χ1) is 20.0. The van der Waals surface area contributed by atoms with Crippen LogP contribution in [0.4, 0.5) is 11.8 Å². The third-order valence-electron chi connectivity index (χ3n) is 6.91. The Balaban J connectivity index is 1.25. The summed E-state index contributed by atoms with van der Waals surface area (Å²) in [5, 5.41) is 3.45. The van der Waals surface area contributed by atoms with Gasteiger partial charge < -0.3 is 29.2 Å². The number of likely N-dealkylation sites (N-methyl/N-ethyl adjacent to an activating group) is 2. The van der Waals surface area contributed by atoms with Crippen LogP contribution in [0.3, 0.4) is 0 Å². The minimum absolute atomic E-state index is 0.0881. The highest BCUT2D eigenvalue weighted by atomic mass is 16.7. The summed E-state index contributed by atoms with van der Waals surface area (Å²) in [6, 6.07) is 19.6.